The van der Waals surface area contributed by atoms with Crippen molar-refractivity contribution in [2.45, 2.75) is 32.7 Å². The third-order valence-corrected chi connectivity index (χ3v) is 3.67. The Balaban J connectivity index is 1.80. The van der Waals surface area contributed by atoms with Crippen molar-refractivity contribution in [3.05, 3.63) is 24.3 Å². The van der Waals surface area contributed by atoms with Gasteiger partial charge in [-0.05, 0) is 32.2 Å². The molecule has 1 aromatic heterocycles. The number of hydrogen-bond acceptors (Lipinski definition) is 4. The van der Waals surface area contributed by atoms with Gasteiger partial charge in [0, 0.05) is 31.5 Å². The molecular weight excluding hydrogens is 240 g/mol. The lowest BCUT2D eigenvalue weighted by Crippen LogP contribution is -2.46. The smallest absolute Gasteiger partial charge is 0.271 e. The highest BCUT2D eigenvalue weighted by molar-refractivity contribution is 5.91. The van der Waals surface area contributed by atoms with Crippen LogP contribution < -0.4 is 5.32 Å². The van der Waals surface area contributed by atoms with Gasteiger partial charge in [0.2, 0.25) is 0 Å². The average molecular weight is 262 g/mol. The number of piperidine rings is 1. The first-order chi connectivity index (χ1) is 9.16. The maximum absolute atomic E-state index is 11.9. The van der Waals surface area contributed by atoms with E-state index >= 15 is 0 Å². The second-order valence-corrected chi connectivity index (χ2v) is 5.39. The molecule has 5 nitrogen and oxygen atoms in total. The van der Waals surface area contributed by atoms with Crippen LogP contribution in [-0.4, -0.2) is 46.5 Å². The van der Waals surface area contributed by atoms with Gasteiger partial charge in [0.15, 0.2) is 0 Å². The van der Waals surface area contributed by atoms with Crippen LogP contribution in [0.3, 0.4) is 0 Å². The summed E-state index contributed by atoms with van der Waals surface area (Å²) in [5.74, 6) is 0.608. The van der Waals surface area contributed by atoms with E-state index in [0.717, 1.165) is 19.0 Å². The predicted molar refractivity (Wildman–Crippen MR) is 73.8 cm³/mol. The molecule has 2 rings (SSSR count). The lowest BCUT2D eigenvalue weighted by molar-refractivity contribution is 0.0912. The van der Waals surface area contributed by atoms with Crippen molar-refractivity contribution >= 4 is 5.91 Å². The Bertz CT molecular complexity index is 409. The summed E-state index contributed by atoms with van der Waals surface area (Å²) in [6, 6.07) is 0.364. The molecule has 0 unspecified atom stereocenters. The van der Waals surface area contributed by atoms with Crippen molar-refractivity contribution < 1.29 is 4.79 Å². The highest BCUT2D eigenvalue weighted by atomic mass is 16.1. The highest BCUT2D eigenvalue weighted by Gasteiger charge is 2.21. The van der Waals surface area contributed by atoms with Crippen LogP contribution in [0.2, 0.25) is 0 Å². The topological polar surface area (TPSA) is 58.1 Å². The molecule has 1 fully saturated rings. The summed E-state index contributed by atoms with van der Waals surface area (Å²) in [7, 11) is 0. The number of likely N-dealkylation sites (tertiary alicyclic amines) is 1. The first-order valence-electron chi connectivity index (χ1n) is 6.95. The molecule has 1 aliphatic heterocycles. The summed E-state index contributed by atoms with van der Waals surface area (Å²) >= 11 is 0. The second-order valence-electron chi connectivity index (χ2n) is 5.39. The number of aromatic nitrogens is 2. The maximum atomic E-state index is 11.9. The number of nitrogens with zero attached hydrogens (tertiary/aromatic N) is 3. The van der Waals surface area contributed by atoms with Gasteiger partial charge >= 0.3 is 0 Å². The fourth-order valence-electron chi connectivity index (χ4n) is 2.50. The Labute approximate surface area is 114 Å². The van der Waals surface area contributed by atoms with Gasteiger partial charge in [-0.2, -0.15) is 0 Å². The quantitative estimate of drug-likeness (QED) is 0.889. The van der Waals surface area contributed by atoms with Crippen molar-refractivity contribution in [2.24, 2.45) is 5.92 Å². The average Bonchev–Trinajstić information content (AvgIpc) is 2.45. The van der Waals surface area contributed by atoms with Crippen LogP contribution >= 0.6 is 0 Å². The number of carbonyl (C=O) groups excluding carboxylic acids is 1. The molecule has 0 aromatic carbocycles. The molecule has 0 saturated carbocycles. The minimum Gasteiger partial charge on any atom is -0.349 e. The van der Waals surface area contributed by atoms with E-state index in [1.165, 1.54) is 25.2 Å². The van der Waals surface area contributed by atoms with Crippen molar-refractivity contribution in [1.82, 2.24) is 20.2 Å². The zero-order valence-corrected chi connectivity index (χ0v) is 11.7. The van der Waals surface area contributed by atoms with Crippen LogP contribution in [0.1, 0.15) is 37.2 Å². The Morgan fingerprint density at radius 1 is 1.58 bits per heavy atom. The number of rotatable bonds is 4. The van der Waals surface area contributed by atoms with E-state index in [0.29, 0.717) is 18.3 Å². The lowest BCUT2D eigenvalue weighted by Gasteiger charge is -2.35. The maximum Gasteiger partial charge on any atom is 0.271 e. The molecule has 0 spiro atoms. The molecule has 1 N–H and O–H groups in total. The summed E-state index contributed by atoms with van der Waals surface area (Å²) < 4.78 is 0. The van der Waals surface area contributed by atoms with Gasteiger partial charge in [-0.1, -0.05) is 6.92 Å². The summed E-state index contributed by atoms with van der Waals surface area (Å²) in [6.07, 6.45) is 7.15. The molecule has 1 amide bonds. The summed E-state index contributed by atoms with van der Waals surface area (Å²) in [5.41, 5.74) is 0.377. The van der Waals surface area contributed by atoms with Gasteiger partial charge in [0.25, 0.3) is 5.91 Å². The molecular formula is C14H22N4O. The molecule has 19 heavy (non-hydrogen) atoms. The van der Waals surface area contributed by atoms with Crippen molar-refractivity contribution in [3.63, 3.8) is 0 Å². The predicted octanol–water partition coefficient (Wildman–Crippen LogP) is 1.33. The van der Waals surface area contributed by atoms with Gasteiger partial charge in [0.05, 0.1) is 6.20 Å². The molecule has 2 heterocycles. The van der Waals surface area contributed by atoms with Crippen LogP contribution in [-0.2, 0) is 0 Å². The van der Waals surface area contributed by atoms with Gasteiger partial charge in [-0.15, -0.1) is 0 Å². The number of amides is 1. The zero-order valence-electron chi connectivity index (χ0n) is 11.7. The number of hydrogen-bond donors (Lipinski definition) is 1. The van der Waals surface area contributed by atoms with E-state index in [4.69, 9.17) is 0 Å². The van der Waals surface area contributed by atoms with E-state index in [-0.39, 0.29) is 5.91 Å². The number of nitrogens with one attached hydrogen (secondary N) is 1. The van der Waals surface area contributed by atoms with E-state index in [9.17, 15) is 4.79 Å². The van der Waals surface area contributed by atoms with Gasteiger partial charge in [0.1, 0.15) is 5.69 Å². The van der Waals surface area contributed by atoms with Gasteiger partial charge < -0.3 is 5.32 Å². The fourth-order valence-corrected chi connectivity index (χ4v) is 2.50. The Kier molecular flexibility index (Phi) is 4.85. The second kappa shape index (κ2) is 6.61. The first kappa shape index (κ1) is 13.9. The standard InChI is InChI=1S/C14H22N4O/c1-11-4-3-7-18(10-11)12(2)8-17-14(19)13-9-15-5-6-16-13/h5-6,9,11-12H,3-4,7-8,10H2,1-2H3,(H,17,19)/t11-,12-/m1/s1. The van der Waals surface area contributed by atoms with Crippen LogP contribution in [0.15, 0.2) is 18.6 Å². The number of carbonyl (C=O) groups is 1. The minimum atomic E-state index is -0.148. The first-order valence-corrected chi connectivity index (χ1v) is 6.95. The molecule has 0 bridgehead atoms. The lowest BCUT2D eigenvalue weighted by atomic mass is 9.99. The van der Waals surface area contributed by atoms with E-state index in [1.54, 1.807) is 6.20 Å². The van der Waals surface area contributed by atoms with Crippen LogP contribution in [0, 0.1) is 5.92 Å². The van der Waals surface area contributed by atoms with Crippen LogP contribution in [0.4, 0.5) is 0 Å². The normalized spacial score (nSPS) is 21.9. The summed E-state index contributed by atoms with van der Waals surface area (Å²) in [4.78, 5) is 22.2. The molecule has 0 radical (unpaired) electrons. The summed E-state index contributed by atoms with van der Waals surface area (Å²) in [6.45, 7) is 7.36. The molecule has 1 aliphatic rings. The zero-order chi connectivity index (χ0) is 13.7. The van der Waals surface area contributed by atoms with Crippen molar-refractivity contribution in [3.8, 4) is 0 Å². The Morgan fingerprint density at radius 3 is 3.11 bits per heavy atom. The van der Waals surface area contributed by atoms with Gasteiger partial charge in [-0.25, -0.2) is 4.98 Å². The highest BCUT2D eigenvalue weighted by Crippen LogP contribution is 2.17. The molecule has 1 aromatic rings. The molecule has 2 atom stereocenters. The third kappa shape index (κ3) is 3.99. The largest absolute Gasteiger partial charge is 0.349 e. The molecule has 5 heteroatoms. The van der Waals surface area contributed by atoms with Crippen molar-refractivity contribution in [2.75, 3.05) is 19.6 Å². The Hall–Kier alpha value is -1.49. The Morgan fingerprint density at radius 2 is 2.42 bits per heavy atom. The minimum absolute atomic E-state index is 0.148. The van der Waals surface area contributed by atoms with Crippen molar-refractivity contribution in [1.29, 1.82) is 0 Å². The molecule has 104 valence electrons. The van der Waals surface area contributed by atoms with Crippen LogP contribution in [0.5, 0.6) is 0 Å². The molecule has 1 saturated heterocycles. The SMILES string of the molecule is C[C@@H]1CCCN([C@H](C)CNC(=O)c2cnccn2)C1. The van der Waals surface area contributed by atoms with Crippen LogP contribution in [0.25, 0.3) is 0 Å². The monoisotopic (exact) mass is 262 g/mol. The van der Waals surface area contributed by atoms with E-state index < -0.39 is 0 Å². The van der Waals surface area contributed by atoms with E-state index in [1.807, 2.05) is 0 Å². The molecule has 0 aliphatic carbocycles. The van der Waals surface area contributed by atoms with E-state index in [2.05, 4.69) is 34.0 Å². The summed E-state index contributed by atoms with van der Waals surface area (Å²) in [5, 5.41) is 2.93. The van der Waals surface area contributed by atoms with Gasteiger partial charge in [-0.3, -0.25) is 14.7 Å². The fraction of sp³-hybridized carbons (Fsp3) is 0.643. The third-order valence-electron chi connectivity index (χ3n) is 3.67.